The van der Waals surface area contributed by atoms with Crippen LogP contribution in [-0.4, -0.2) is 24.0 Å². The first-order chi connectivity index (χ1) is 11.8. The number of aliphatic imine (C=N–C) groups is 1. The molecule has 3 N–H and O–H groups in total. The number of nitrogens with zero attached hydrogens (tertiary/aromatic N) is 1. The maximum absolute atomic E-state index is 4.70. The van der Waals surface area contributed by atoms with Gasteiger partial charge in [0.1, 0.15) is 0 Å². The van der Waals surface area contributed by atoms with E-state index in [1.54, 1.807) is 11.3 Å². The average molecular weight is 468 g/mol. The van der Waals surface area contributed by atoms with E-state index >= 15 is 0 Å². The topological polar surface area (TPSA) is 52.2 Å². The zero-order valence-corrected chi connectivity index (χ0v) is 17.7. The van der Waals surface area contributed by atoms with Crippen molar-refractivity contribution in [3.8, 4) is 0 Å². The van der Waals surface area contributed by atoms with E-state index in [4.69, 9.17) is 4.99 Å². The van der Waals surface area contributed by atoms with Gasteiger partial charge in [-0.1, -0.05) is 25.1 Å². The van der Waals surface area contributed by atoms with Crippen LogP contribution in [0.5, 0.6) is 0 Å². The number of hydrogen-bond acceptors (Lipinski definition) is 2. The number of rotatable bonds is 6. The second-order valence-corrected chi connectivity index (χ2v) is 6.70. The molecule has 25 heavy (non-hydrogen) atoms. The summed E-state index contributed by atoms with van der Waals surface area (Å²) in [6, 6.07) is 12.7. The van der Waals surface area contributed by atoms with E-state index in [1.165, 1.54) is 10.9 Å². The third-order valence-electron chi connectivity index (χ3n) is 4.03. The van der Waals surface area contributed by atoms with Crippen molar-refractivity contribution >= 4 is 52.2 Å². The fourth-order valence-electron chi connectivity index (χ4n) is 2.65. The smallest absolute Gasteiger partial charge is 0.191 e. The minimum atomic E-state index is 0. The fraction of sp³-hybridized carbons (Fsp3) is 0.316. The van der Waals surface area contributed by atoms with Crippen molar-refractivity contribution < 1.29 is 0 Å². The molecule has 0 aliphatic heterocycles. The minimum absolute atomic E-state index is 0. The van der Waals surface area contributed by atoms with Crippen molar-refractivity contribution in [1.29, 1.82) is 0 Å². The van der Waals surface area contributed by atoms with Crippen LogP contribution in [-0.2, 0) is 6.54 Å². The molecule has 1 unspecified atom stereocenters. The van der Waals surface area contributed by atoms with Gasteiger partial charge in [-0.15, -0.1) is 24.0 Å². The van der Waals surface area contributed by atoms with Crippen LogP contribution in [0.15, 0.2) is 52.2 Å². The molecule has 1 atom stereocenters. The first-order valence-electron chi connectivity index (χ1n) is 8.37. The molecular weight excluding hydrogens is 443 g/mol. The number of para-hydroxylation sites is 1. The van der Waals surface area contributed by atoms with Crippen LogP contribution < -0.4 is 10.6 Å². The highest BCUT2D eigenvalue weighted by atomic mass is 127. The highest BCUT2D eigenvalue weighted by Gasteiger charge is 2.07. The molecule has 6 heteroatoms. The van der Waals surface area contributed by atoms with Gasteiger partial charge in [-0.2, -0.15) is 11.3 Å². The largest absolute Gasteiger partial charge is 0.357 e. The molecule has 0 amide bonds. The predicted molar refractivity (Wildman–Crippen MR) is 119 cm³/mol. The van der Waals surface area contributed by atoms with Gasteiger partial charge in [0.05, 0.1) is 6.54 Å². The third kappa shape index (κ3) is 5.47. The van der Waals surface area contributed by atoms with Gasteiger partial charge in [0.25, 0.3) is 0 Å². The molecule has 0 aliphatic rings. The van der Waals surface area contributed by atoms with E-state index in [2.05, 4.69) is 70.6 Å². The molecule has 2 aromatic heterocycles. The molecule has 3 aromatic rings. The minimum Gasteiger partial charge on any atom is -0.357 e. The quantitative estimate of drug-likeness (QED) is 0.279. The molecule has 1 aromatic carbocycles. The monoisotopic (exact) mass is 468 g/mol. The SMILES string of the molecule is CCNC(=NCc1cc2ccccc2[nH]1)NCC(C)c1ccsc1.I. The summed E-state index contributed by atoms with van der Waals surface area (Å²) in [5.74, 6) is 1.33. The van der Waals surface area contributed by atoms with Crippen LogP contribution in [0.4, 0.5) is 0 Å². The molecule has 0 aliphatic carbocycles. The lowest BCUT2D eigenvalue weighted by atomic mass is 10.1. The van der Waals surface area contributed by atoms with Gasteiger partial charge in [-0.25, -0.2) is 4.99 Å². The van der Waals surface area contributed by atoms with Crippen LogP contribution >= 0.6 is 35.3 Å². The second-order valence-electron chi connectivity index (χ2n) is 5.92. The van der Waals surface area contributed by atoms with Crippen LogP contribution in [0.2, 0.25) is 0 Å². The van der Waals surface area contributed by atoms with Gasteiger partial charge in [0, 0.05) is 24.3 Å². The number of nitrogens with one attached hydrogen (secondary N) is 3. The Balaban J connectivity index is 0.00000225. The van der Waals surface area contributed by atoms with E-state index in [-0.39, 0.29) is 24.0 Å². The van der Waals surface area contributed by atoms with Crippen molar-refractivity contribution in [2.45, 2.75) is 26.3 Å². The standard InChI is InChI=1S/C19H24N4S.HI/c1-3-20-19(21-11-14(2)16-8-9-24-13-16)22-12-17-10-15-6-4-5-7-18(15)23-17;/h4-10,13-14,23H,3,11-12H2,1-2H3,(H2,20,21,22);1H. The average Bonchev–Trinajstić information content (AvgIpc) is 3.26. The number of aromatic nitrogens is 1. The predicted octanol–water partition coefficient (Wildman–Crippen LogP) is 4.71. The van der Waals surface area contributed by atoms with Crippen molar-refractivity contribution in [2.75, 3.05) is 13.1 Å². The lowest BCUT2D eigenvalue weighted by molar-refractivity contribution is 0.701. The number of H-pyrrole nitrogens is 1. The number of halogens is 1. The highest BCUT2D eigenvalue weighted by molar-refractivity contribution is 14.0. The Labute approximate surface area is 170 Å². The molecule has 0 bridgehead atoms. The van der Waals surface area contributed by atoms with E-state index in [0.717, 1.165) is 30.3 Å². The Hall–Kier alpha value is -1.54. The van der Waals surface area contributed by atoms with Crippen LogP contribution in [0, 0.1) is 0 Å². The molecule has 0 fully saturated rings. The molecule has 0 radical (unpaired) electrons. The number of benzene rings is 1. The zero-order valence-electron chi connectivity index (χ0n) is 14.6. The van der Waals surface area contributed by atoms with Gasteiger partial charge in [0.2, 0.25) is 0 Å². The number of fused-ring (bicyclic) bond motifs is 1. The molecule has 0 saturated carbocycles. The van der Waals surface area contributed by atoms with E-state index < -0.39 is 0 Å². The van der Waals surface area contributed by atoms with Crippen molar-refractivity contribution in [2.24, 2.45) is 4.99 Å². The van der Waals surface area contributed by atoms with Crippen LogP contribution in [0.1, 0.15) is 31.0 Å². The molecular formula is C19H25IN4S. The number of hydrogen-bond donors (Lipinski definition) is 3. The molecule has 0 spiro atoms. The molecule has 0 saturated heterocycles. The lowest BCUT2D eigenvalue weighted by Crippen LogP contribution is -2.39. The lowest BCUT2D eigenvalue weighted by Gasteiger charge is -2.15. The maximum Gasteiger partial charge on any atom is 0.191 e. The van der Waals surface area contributed by atoms with Crippen LogP contribution in [0.25, 0.3) is 10.9 Å². The van der Waals surface area contributed by atoms with E-state index in [9.17, 15) is 0 Å². The van der Waals surface area contributed by atoms with E-state index in [0.29, 0.717) is 12.5 Å². The summed E-state index contributed by atoms with van der Waals surface area (Å²) in [6.07, 6.45) is 0. The van der Waals surface area contributed by atoms with Crippen molar-refractivity contribution in [1.82, 2.24) is 15.6 Å². The molecule has 2 heterocycles. The number of thiophene rings is 1. The van der Waals surface area contributed by atoms with Crippen molar-refractivity contribution in [3.63, 3.8) is 0 Å². The van der Waals surface area contributed by atoms with Gasteiger partial charge in [-0.3, -0.25) is 0 Å². The summed E-state index contributed by atoms with van der Waals surface area (Å²) >= 11 is 1.74. The summed E-state index contributed by atoms with van der Waals surface area (Å²) in [5.41, 5.74) is 3.66. The molecule has 3 rings (SSSR count). The first-order valence-corrected chi connectivity index (χ1v) is 9.31. The highest BCUT2D eigenvalue weighted by Crippen LogP contribution is 2.17. The van der Waals surface area contributed by atoms with Gasteiger partial charge < -0.3 is 15.6 Å². The summed E-state index contributed by atoms with van der Waals surface area (Å²) in [6.45, 7) is 6.68. The van der Waals surface area contributed by atoms with Crippen LogP contribution in [0.3, 0.4) is 0 Å². The Morgan fingerprint density at radius 1 is 1.24 bits per heavy atom. The molecule has 134 valence electrons. The Kier molecular flexibility index (Phi) is 7.77. The summed E-state index contributed by atoms with van der Waals surface area (Å²) in [4.78, 5) is 8.12. The van der Waals surface area contributed by atoms with Crippen molar-refractivity contribution in [3.05, 3.63) is 58.4 Å². The normalized spacial score (nSPS) is 12.6. The van der Waals surface area contributed by atoms with Gasteiger partial charge >= 0.3 is 0 Å². The second kappa shape index (κ2) is 9.82. The maximum atomic E-state index is 4.70. The summed E-state index contributed by atoms with van der Waals surface area (Å²) < 4.78 is 0. The Morgan fingerprint density at radius 2 is 2.08 bits per heavy atom. The number of aromatic amines is 1. The zero-order chi connectivity index (χ0) is 16.8. The summed E-state index contributed by atoms with van der Waals surface area (Å²) in [7, 11) is 0. The molecule has 4 nitrogen and oxygen atoms in total. The number of guanidine groups is 1. The summed E-state index contributed by atoms with van der Waals surface area (Å²) in [5, 5.41) is 12.3. The first kappa shape index (κ1) is 19.8. The third-order valence-corrected chi connectivity index (χ3v) is 4.73. The van der Waals surface area contributed by atoms with Gasteiger partial charge in [-0.05, 0) is 52.8 Å². The fourth-order valence-corrected chi connectivity index (χ4v) is 3.43. The van der Waals surface area contributed by atoms with Gasteiger partial charge in [0.15, 0.2) is 5.96 Å². The van der Waals surface area contributed by atoms with E-state index in [1.807, 2.05) is 6.07 Å². The Morgan fingerprint density at radius 3 is 2.80 bits per heavy atom. The Bertz CT molecular complexity index is 762.